The molecule has 0 spiro atoms. The monoisotopic (exact) mass is 374 g/mol. The van der Waals surface area contributed by atoms with Crippen molar-refractivity contribution < 1.29 is 5.11 Å². The summed E-state index contributed by atoms with van der Waals surface area (Å²) < 4.78 is 0. The predicted octanol–water partition coefficient (Wildman–Crippen LogP) is 3.34. The van der Waals surface area contributed by atoms with Crippen molar-refractivity contribution in [2.75, 3.05) is 19.7 Å². The molecule has 0 aliphatic carbocycles. The third-order valence-electron chi connectivity index (χ3n) is 5.98. The van der Waals surface area contributed by atoms with E-state index in [1.54, 1.807) is 0 Å². The highest BCUT2D eigenvalue weighted by molar-refractivity contribution is 9.09. The number of pyridine rings is 1. The van der Waals surface area contributed by atoms with E-state index in [-0.39, 0.29) is 18.1 Å². The van der Waals surface area contributed by atoms with Crippen LogP contribution in [0.25, 0.3) is 10.9 Å². The van der Waals surface area contributed by atoms with Crippen molar-refractivity contribution in [1.29, 1.82) is 0 Å². The second-order valence-electron chi connectivity index (χ2n) is 7.11. The van der Waals surface area contributed by atoms with Crippen LogP contribution in [0.5, 0.6) is 0 Å². The summed E-state index contributed by atoms with van der Waals surface area (Å²) in [5.74, 6) is 0.535. The highest BCUT2D eigenvalue weighted by Crippen LogP contribution is 2.50. The number of halogens is 1. The SMILES string of the molecule is CC(Br)[C@H]1CN2CC[C@]1(c1ccc3ccccc3n1)C[C@@H]2CO. The largest absolute Gasteiger partial charge is 0.395 e. The molecule has 5 rings (SSSR count). The number of aliphatic hydroxyl groups is 1. The number of nitrogens with zero attached hydrogens (tertiary/aromatic N) is 2. The molecule has 1 aromatic heterocycles. The topological polar surface area (TPSA) is 36.4 Å². The fraction of sp³-hybridized carbons (Fsp3) is 0.526. The molecule has 3 saturated heterocycles. The van der Waals surface area contributed by atoms with E-state index in [0.717, 1.165) is 31.4 Å². The van der Waals surface area contributed by atoms with Crippen molar-refractivity contribution in [3.8, 4) is 0 Å². The molecule has 0 radical (unpaired) electrons. The Morgan fingerprint density at radius 3 is 2.96 bits per heavy atom. The molecule has 1 aromatic carbocycles. The summed E-state index contributed by atoms with van der Waals surface area (Å²) >= 11 is 3.84. The van der Waals surface area contributed by atoms with Gasteiger partial charge < -0.3 is 5.11 Å². The molecular weight excluding hydrogens is 352 g/mol. The van der Waals surface area contributed by atoms with E-state index in [1.165, 1.54) is 11.1 Å². The second-order valence-corrected chi connectivity index (χ2v) is 8.56. The number of rotatable bonds is 3. The van der Waals surface area contributed by atoms with E-state index < -0.39 is 0 Å². The lowest BCUT2D eigenvalue weighted by Gasteiger charge is -2.57. The van der Waals surface area contributed by atoms with Crippen LogP contribution in [0, 0.1) is 5.92 Å². The first-order valence-electron chi connectivity index (χ1n) is 8.49. The van der Waals surface area contributed by atoms with Crippen molar-refractivity contribution in [3.05, 3.63) is 42.1 Å². The normalized spacial score (nSPS) is 34.7. The summed E-state index contributed by atoms with van der Waals surface area (Å²) in [4.78, 5) is 7.95. The summed E-state index contributed by atoms with van der Waals surface area (Å²) in [5.41, 5.74) is 2.37. The van der Waals surface area contributed by atoms with Crippen LogP contribution < -0.4 is 0 Å². The Balaban J connectivity index is 1.83. The molecule has 2 aromatic rings. The summed E-state index contributed by atoms with van der Waals surface area (Å²) in [7, 11) is 0. The van der Waals surface area contributed by atoms with Gasteiger partial charge in [-0.3, -0.25) is 9.88 Å². The lowest BCUT2D eigenvalue weighted by atomic mass is 9.60. The van der Waals surface area contributed by atoms with Crippen LogP contribution in [0.1, 0.15) is 25.5 Å². The minimum absolute atomic E-state index is 0.0785. The smallest absolute Gasteiger partial charge is 0.0705 e. The van der Waals surface area contributed by atoms with E-state index in [4.69, 9.17) is 4.98 Å². The number of aliphatic hydroxyl groups excluding tert-OH is 1. The minimum atomic E-state index is 0.0785. The molecule has 0 amide bonds. The van der Waals surface area contributed by atoms with Crippen LogP contribution in [0.2, 0.25) is 0 Å². The average molecular weight is 375 g/mol. The van der Waals surface area contributed by atoms with Crippen LogP contribution in [0.15, 0.2) is 36.4 Å². The maximum atomic E-state index is 9.80. The summed E-state index contributed by atoms with van der Waals surface area (Å²) in [5, 5.41) is 11.0. The molecule has 0 saturated carbocycles. The number of piperidine rings is 3. The molecule has 5 atom stereocenters. The van der Waals surface area contributed by atoms with Gasteiger partial charge in [-0.1, -0.05) is 47.1 Å². The molecule has 2 bridgehead atoms. The Hall–Kier alpha value is -0.970. The van der Waals surface area contributed by atoms with Gasteiger partial charge in [-0.05, 0) is 37.4 Å². The van der Waals surface area contributed by atoms with E-state index in [1.807, 2.05) is 0 Å². The number of alkyl halides is 1. The second kappa shape index (κ2) is 5.83. The molecule has 23 heavy (non-hydrogen) atoms. The average Bonchev–Trinajstić information content (AvgIpc) is 2.61. The predicted molar refractivity (Wildman–Crippen MR) is 97.0 cm³/mol. The maximum absolute atomic E-state index is 9.80. The standard InChI is InChI=1S/C19H23BrN2O/c1-13(20)16-11-22-9-8-19(16,10-15(22)12-23)18-7-6-14-4-2-3-5-17(14)21-18/h2-7,13,15-16,23H,8-12H2,1H3/t13?,15-,16-,19+/m1/s1. The van der Waals surface area contributed by atoms with Gasteiger partial charge in [0.2, 0.25) is 0 Å². The van der Waals surface area contributed by atoms with Gasteiger partial charge in [0.1, 0.15) is 0 Å². The van der Waals surface area contributed by atoms with Crippen LogP contribution in [-0.4, -0.2) is 45.6 Å². The van der Waals surface area contributed by atoms with E-state index in [9.17, 15) is 5.11 Å². The van der Waals surface area contributed by atoms with Gasteiger partial charge in [0.25, 0.3) is 0 Å². The molecule has 3 nitrogen and oxygen atoms in total. The Morgan fingerprint density at radius 1 is 1.35 bits per heavy atom. The van der Waals surface area contributed by atoms with Gasteiger partial charge in [-0.15, -0.1) is 0 Å². The van der Waals surface area contributed by atoms with E-state index in [0.29, 0.717) is 10.7 Å². The van der Waals surface area contributed by atoms with Crippen LogP contribution >= 0.6 is 15.9 Å². The fourth-order valence-electron chi connectivity index (χ4n) is 4.71. The summed E-state index contributed by atoms with van der Waals surface area (Å²) in [6.07, 6.45) is 2.14. The molecule has 122 valence electrons. The molecule has 3 fully saturated rings. The van der Waals surface area contributed by atoms with Gasteiger partial charge in [0.05, 0.1) is 12.1 Å². The molecule has 4 heteroatoms. The number of para-hydroxylation sites is 1. The number of hydrogen-bond acceptors (Lipinski definition) is 3. The van der Waals surface area contributed by atoms with Crippen LogP contribution in [0.4, 0.5) is 0 Å². The third kappa shape index (κ3) is 2.43. The number of aromatic nitrogens is 1. The number of hydrogen-bond donors (Lipinski definition) is 1. The quantitative estimate of drug-likeness (QED) is 0.836. The van der Waals surface area contributed by atoms with Gasteiger partial charge in [0, 0.05) is 33.9 Å². The fourth-order valence-corrected chi connectivity index (χ4v) is 5.39. The van der Waals surface area contributed by atoms with Crippen molar-refractivity contribution in [2.24, 2.45) is 5.92 Å². The lowest BCUT2D eigenvalue weighted by molar-refractivity contribution is -0.0429. The summed E-state index contributed by atoms with van der Waals surface area (Å²) in [6.45, 7) is 4.62. The molecule has 3 aliphatic rings. The Morgan fingerprint density at radius 2 is 2.17 bits per heavy atom. The first-order chi connectivity index (χ1) is 11.1. The van der Waals surface area contributed by atoms with Gasteiger partial charge in [-0.25, -0.2) is 0 Å². The Kier molecular flexibility index (Phi) is 3.94. The zero-order valence-corrected chi connectivity index (χ0v) is 15.0. The number of benzene rings is 1. The molecule has 2 unspecified atom stereocenters. The van der Waals surface area contributed by atoms with Crippen molar-refractivity contribution in [2.45, 2.75) is 36.0 Å². The number of fused-ring (bicyclic) bond motifs is 4. The van der Waals surface area contributed by atoms with Crippen LogP contribution in [0.3, 0.4) is 0 Å². The molecule has 4 heterocycles. The first-order valence-corrected chi connectivity index (χ1v) is 9.41. The van der Waals surface area contributed by atoms with E-state index >= 15 is 0 Å². The zero-order valence-electron chi connectivity index (χ0n) is 13.5. The lowest BCUT2D eigenvalue weighted by Crippen LogP contribution is -2.63. The first kappa shape index (κ1) is 15.6. The summed E-state index contributed by atoms with van der Waals surface area (Å²) in [6, 6.07) is 13.0. The highest BCUT2D eigenvalue weighted by atomic mass is 79.9. The van der Waals surface area contributed by atoms with E-state index in [2.05, 4.69) is 64.2 Å². The molecule has 3 aliphatic heterocycles. The highest BCUT2D eigenvalue weighted by Gasteiger charge is 2.53. The third-order valence-corrected chi connectivity index (χ3v) is 6.61. The van der Waals surface area contributed by atoms with Gasteiger partial charge in [-0.2, -0.15) is 0 Å². The van der Waals surface area contributed by atoms with Crippen molar-refractivity contribution in [3.63, 3.8) is 0 Å². The minimum Gasteiger partial charge on any atom is -0.395 e. The van der Waals surface area contributed by atoms with Gasteiger partial charge in [0.15, 0.2) is 0 Å². The molecular formula is C19H23BrN2O. The van der Waals surface area contributed by atoms with Crippen molar-refractivity contribution >= 4 is 26.8 Å². The maximum Gasteiger partial charge on any atom is 0.0705 e. The Bertz CT molecular complexity index is 719. The van der Waals surface area contributed by atoms with Gasteiger partial charge >= 0.3 is 0 Å². The Labute approximate surface area is 145 Å². The molecule has 1 N–H and O–H groups in total. The zero-order chi connectivity index (χ0) is 16.0. The van der Waals surface area contributed by atoms with Crippen LogP contribution in [-0.2, 0) is 5.41 Å². The van der Waals surface area contributed by atoms with Crippen molar-refractivity contribution in [1.82, 2.24) is 9.88 Å².